The highest BCUT2D eigenvalue weighted by Gasteiger charge is 2.41. The molecule has 20 heavy (non-hydrogen) atoms. The zero-order valence-electron chi connectivity index (χ0n) is 12.2. The first kappa shape index (κ1) is 15.1. The van der Waals surface area contributed by atoms with Crippen molar-refractivity contribution in [3.8, 4) is 11.5 Å². The zero-order chi connectivity index (χ0) is 14.3. The Bertz CT molecular complexity index is 404. The molecule has 0 unspecified atom stereocenters. The third-order valence-corrected chi connectivity index (χ3v) is 3.78. The molecule has 0 aromatic heterocycles. The van der Waals surface area contributed by atoms with Gasteiger partial charge in [-0.25, -0.2) is 0 Å². The first-order chi connectivity index (χ1) is 9.79. The van der Waals surface area contributed by atoms with Gasteiger partial charge in [0.15, 0.2) is 11.5 Å². The van der Waals surface area contributed by atoms with Crippen molar-refractivity contribution in [2.24, 2.45) is 5.41 Å². The van der Waals surface area contributed by atoms with Gasteiger partial charge < -0.3 is 19.9 Å². The van der Waals surface area contributed by atoms with Crippen molar-refractivity contribution in [2.45, 2.75) is 26.2 Å². The number of benzene rings is 1. The second-order valence-electron chi connectivity index (χ2n) is 5.38. The summed E-state index contributed by atoms with van der Waals surface area (Å²) in [5, 5.41) is 12.4. The fourth-order valence-corrected chi connectivity index (χ4v) is 2.36. The SMILES string of the molecule is CCOc1ccccc1OCCNCC1(CCO)CC1. The lowest BCUT2D eigenvalue weighted by atomic mass is 10.0. The van der Waals surface area contributed by atoms with Gasteiger partial charge in [-0.2, -0.15) is 0 Å². The van der Waals surface area contributed by atoms with Crippen molar-refractivity contribution in [3.05, 3.63) is 24.3 Å². The van der Waals surface area contributed by atoms with Crippen molar-refractivity contribution >= 4 is 0 Å². The van der Waals surface area contributed by atoms with Crippen LogP contribution in [0.15, 0.2) is 24.3 Å². The van der Waals surface area contributed by atoms with Crippen LogP contribution in [0.2, 0.25) is 0 Å². The van der Waals surface area contributed by atoms with Crippen LogP contribution >= 0.6 is 0 Å². The summed E-state index contributed by atoms with van der Waals surface area (Å²) in [5.74, 6) is 1.60. The second kappa shape index (κ2) is 7.50. The molecule has 0 aliphatic heterocycles. The van der Waals surface area contributed by atoms with E-state index >= 15 is 0 Å². The fourth-order valence-electron chi connectivity index (χ4n) is 2.36. The topological polar surface area (TPSA) is 50.7 Å². The summed E-state index contributed by atoms with van der Waals surface area (Å²) in [6, 6.07) is 7.75. The summed E-state index contributed by atoms with van der Waals surface area (Å²) in [5.41, 5.74) is 0.359. The summed E-state index contributed by atoms with van der Waals surface area (Å²) >= 11 is 0. The van der Waals surface area contributed by atoms with E-state index in [1.54, 1.807) is 0 Å². The van der Waals surface area contributed by atoms with Gasteiger partial charge in [-0.3, -0.25) is 0 Å². The van der Waals surface area contributed by atoms with Gasteiger partial charge in [0, 0.05) is 19.7 Å². The van der Waals surface area contributed by atoms with Crippen LogP contribution < -0.4 is 14.8 Å². The zero-order valence-corrected chi connectivity index (χ0v) is 12.2. The lowest BCUT2D eigenvalue weighted by Gasteiger charge is -2.15. The van der Waals surface area contributed by atoms with E-state index in [-0.39, 0.29) is 0 Å². The number of ether oxygens (including phenoxy) is 2. The Labute approximate surface area is 121 Å². The molecule has 4 nitrogen and oxygen atoms in total. The van der Waals surface area contributed by atoms with Gasteiger partial charge in [0.1, 0.15) is 6.61 Å². The smallest absolute Gasteiger partial charge is 0.161 e. The van der Waals surface area contributed by atoms with E-state index in [4.69, 9.17) is 14.6 Å². The summed E-state index contributed by atoms with van der Waals surface area (Å²) in [6.07, 6.45) is 3.37. The van der Waals surface area contributed by atoms with Gasteiger partial charge in [-0.1, -0.05) is 12.1 Å². The minimum atomic E-state index is 0.292. The van der Waals surface area contributed by atoms with Gasteiger partial charge in [0.25, 0.3) is 0 Å². The van der Waals surface area contributed by atoms with Crippen molar-refractivity contribution < 1.29 is 14.6 Å². The summed E-state index contributed by atoms with van der Waals surface area (Å²) < 4.78 is 11.3. The van der Waals surface area contributed by atoms with Crippen LogP contribution in [0.1, 0.15) is 26.2 Å². The van der Waals surface area contributed by atoms with Crippen LogP contribution in [0, 0.1) is 5.41 Å². The quantitative estimate of drug-likeness (QED) is 0.645. The maximum absolute atomic E-state index is 9.01. The molecule has 4 heteroatoms. The van der Waals surface area contributed by atoms with E-state index in [2.05, 4.69) is 5.32 Å². The first-order valence-electron chi connectivity index (χ1n) is 7.46. The Morgan fingerprint density at radius 2 is 1.90 bits per heavy atom. The molecule has 2 N–H and O–H groups in total. The number of aliphatic hydroxyl groups is 1. The van der Waals surface area contributed by atoms with E-state index in [1.165, 1.54) is 12.8 Å². The normalized spacial score (nSPS) is 15.9. The third kappa shape index (κ3) is 4.39. The molecule has 0 bridgehead atoms. The molecule has 112 valence electrons. The van der Waals surface area contributed by atoms with Crippen LogP contribution in [-0.2, 0) is 0 Å². The number of hydrogen-bond acceptors (Lipinski definition) is 4. The summed E-state index contributed by atoms with van der Waals surface area (Å²) in [6.45, 7) is 5.31. The molecular formula is C16H25NO3. The second-order valence-corrected chi connectivity index (χ2v) is 5.38. The highest BCUT2D eigenvalue weighted by molar-refractivity contribution is 5.39. The van der Waals surface area contributed by atoms with Crippen LogP contribution in [0.3, 0.4) is 0 Å². The van der Waals surface area contributed by atoms with E-state index in [0.29, 0.717) is 25.2 Å². The molecule has 0 amide bonds. The van der Waals surface area contributed by atoms with Gasteiger partial charge in [0.05, 0.1) is 6.61 Å². The van der Waals surface area contributed by atoms with Crippen LogP contribution in [0.4, 0.5) is 0 Å². The molecule has 0 atom stereocenters. The highest BCUT2D eigenvalue weighted by Crippen LogP contribution is 2.47. The largest absolute Gasteiger partial charge is 0.490 e. The highest BCUT2D eigenvalue weighted by atomic mass is 16.5. The predicted octanol–water partition coefficient (Wildman–Crippen LogP) is 2.22. The van der Waals surface area contributed by atoms with E-state index < -0.39 is 0 Å². The van der Waals surface area contributed by atoms with Gasteiger partial charge >= 0.3 is 0 Å². The Morgan fingerprint density at radius 3 is 2.50 bits per heavy atom. The molecule has 0 spiro atoms. The molecule has 1 fully saturated rings. The number of hydrogen-bond donors (Lipinski definition) is 2. The number of aliphatic hydroxyl groups excluding tert-OH is 1. The monoisotopic (exact) mass is 279 g/mol. The average Bonchev–Trinajstić information content (AvgIpc) is 3.21. The van der Waals surface area contributed by atoms with Gasteiger partial charge in [-0.15, -0.1) is 0 Å². The number of rotatable bonds is 10. The van der Waals surface area contributed by atoms with Crippen LogP contribution in [-0.4, -0.2) is 38.0 Å². The minimum absolute atomic E-state index is 0.292. The lowest BCUT2D eigenvalue weighted by Crippen LogP contribution is -2.28. The fraction of sp³-hybridized carbons (Fsp3) is 0.625. The first-order valence-corrected chi connectivity index (χ1v) is 7.46. The molecule has 1 aliphatic carbocycles. The molecule has 1 aliphatic rings. The van der Waals surface area contributed by atoms with E-state index in [0.717, 1.165) is 31.0 Å². The van der Waals surface area contributed by atoms with Crippen molar-refractivity contribution in [1.29, 1.82) is 0 Å². The predicted molar refractivity (Wildman–Crippen MR) is 79.3 cm³/mol. The van der Waals surface area contributed by atoms with Crippen molar-refractivity contribution in [3.63, 3.8) is 0 Å². The minimum Gasteiger partial charge on any atom is -0.490 e. The van der Waals surface area contributed by atoms with Crippen molar-refractivity contribution in [1.82, 2.24) is 5.32 Å². The Hall–Kier alpha value is -1.26. The van der Waals surface area contributed by atoms with E-state index in [9.17, 15) is 0 Å². The van der Waals surface area contributed by atoms with Gasteiger partial charge in [-0.05, 0) is 43.7 Å². The molecule has 0 saturated heterocycles. The molecule has 1 aromatic rings. The Balaban J connectivity index is 1.66. The molecule has 1 aromatic carbocycles. The van der Waals surface area contributed by atoms with Crippen LogP contribution in [0.25, 0.3) is 0 Å². The maximum atomic E-state index is 9.01. The Morgan fingerprint density at radius 1 is 1.20 bits per heavy atom. The molecule has 0 radical (unpaired) electrons. The van der Waals surface area contributed by atoms with Gasteiger partial charge in [0.2, 0.25) is 0 Å². The van der Waals surface area contributed by atoms with Crippen LogP contribution in [0.5, 0.6) is 11.5 Å². The Kier molecular flexibility index (Phi) is 5.68. The maximum Gasteiger partial charge on any atom is 0.161 e. The van der Waals surface area contributed by atoms with Crippen molar-refractivity contribution in [2.75, 3.05) is 32.9 Å². The summed E-state index contributed by atoms with van der Waals surface area (Å²) in [7, 11) is 0. The number of nitrogens with one attached hydrogen (secondary N) is 1. The number of para-hydroxylation sites is 2. The standard InChI is InChI=1S/C16H25NO3/c1-2-19-14-5-3-4-6-15(14)20-12-10-17-13-16(7-8-16)9-11-18/h3-6,17-18H,2,7-13H2,1H3. The lowest BCUT2D eigenvalue weighted by molar-refractivity contribution is 0.239. The third-order valence-electron chi connectivity index (χ3n) is 3.78. The average molecular weight is 279 g/mol. The van der Waals surface area contributed by atoms with E-state index in [1.807, 2.05) is 31.2 Å². The molecular weight excluding hydrogens is 254 g/mol. The molecule has 0 heterocycles. The molecule has 2 rings (SSSR count). The molecule has 1 saturated carbocycles. The summed E-state index contributed by atoms with van der Waals surface area (Å²) in [4.78, 5) is 0.